The van der Waals surface area contributed by atoms with E-state index in [2.05, 4.69) is 15.5 Å². The predicted molar refractivity (Wildman–Crippen MR) is 66.9 cm³/mol. The van der Waals surface area contributed by atoms with E-state index >= 15 is 0 Å². The van der Waals surface area contributed by atoms with Crippen LogP contribution in [0.2, 0.25) is 0 Å². The Morgan fingerprint density at radius 1 is 1.39 bits per heavy atom. The van der Waals surface area contributed by atoms with E-state index in [0.29, 0.717) is 12.2 Å². The molecular weight excluding hydrogens is 232 g/mol. The lowest BCUT2D eigenvalue weighted by molar-refractivity contribution is 0.0949. The van der Waals surface area contributed by atoms with E-state index in [1.54, 1.807) is 24.1 Å². The summed E-state index contributed by atoms with van der Waals surface area (Å²) in [6.45, 7) is 0.528. The third kappa shape index (κ3) is 2.68. The largest absolute Gasteiger partial charge is 0.396 e. The molecule has 2 rings (SSSR count). The van der Waals surface area contributed by atoms with Gasteiger partial charge in [-0.2, -0.15) is 10.2 Å². The molecule has 1 amide bonds. The zero-order valence-corrected chi connectivity index (χ0v) is 10.4. The summed E-state index contributed by atoms with van der Waals surface area (Å²) in [5, 5.41) is 10.8. The van der Waals surface area contributed by atoms with Gasteiger partial charge in [-0.1, -0.05) is 0 Å². The van der Waals surface area contributed by atoms with Crippen LogP contribution >= 0.6 is 0 Å². The van der Waals surface area contributed by atoms with Crippen LogP contribution < -0.4 is 11.1 Å². The van der Waals surface area contributed by atoms with Crippen molar-refractivity contribution in [2.75, 3.05) is 12.3 Å². The highest BCUT2D eigenvalue weighted by Crippen LogP contribution is 2.07. The van der Waals surface area contributed by atoms with Gasteiger partial charge in [-0.15, -0.1) is 0 Å². The summed E-state index contributed by atoms with van der Waals surface area (Å²) in [6, 6.07) is 0. The first kappa shape index (κ1) is 12.2. The van der Waals surface area contributed by atoms with Crippen molar-refractivity contribution < 1.29 is 4.79 Å². The summed E-state index contributed by atoms with van der Waals surface area (Å²) in [6.07, 6.45) is 6.03. The Morgan fingerprint density at radius 3 is 2.72 bits per heavy atom. The van der Waals surface area contributed by atoms with Crippen molar-refractivity contribution in [1.82, 2.24) is 24.9 Å². The molecule has 0 aliphatic heterocycles. The molecule has 0 saturated heterocycles. The maximum Gasteiger partial charge on any atom is 0.273 e. The van der Waals surface area contributed by atoms with Crippen molar-refractivity contribution in [2.45, 2.75) is 6.42 Å². The summed E-state index contributed by atoms with van der Waals surface area (Å²) in [7, 11) is 3.58. The van der Waals surface area contributed by atoms with Crippen LogP contribution in [0.4, 0.5) is 5.69 Å². The number of nitrogen functional groups attached to an aromatic ring is 1. The van der Waals surface area contributed by atoms with Crippen LogP contribution in [0.3, 0.4) is 0 Å². The standard InChI is InChI=1S/C11H16N6O/c1-16-6-8(5-14-16)3-4-13-11(18)10-9(12)7-17(2)15-10/h5-7H,3-4,12H2,1-2H3,(H,13,18). The monoisotopic (exact) mass is 248 g/mol. The predicted octanol–water partition coefficient (Wildman–Crippen LogP) is -0.292. The third-order valence-electron chi connectivity index (χ3n) is 2.53. The second-order valence-corrected chi connectivity index (χ2v) is 4.13. The van der Waals surface area contributed by atoms with Gasteiger partial charge in [0.15, 0.2) is 5.69 Å². The number of carbonyl (C=O) groups excluding carboxylic acids is 1. The van der Waals surface area contributed by atoms with Crippen molar-refractivity contribution in [1.29, 1.82) is 0 Å². The van der Waals surface area contributed by atoms with Crippen molar-refractivity contribution in [3.05, 3.63) is 29.8 Å². The van der Waals surface area contributed by atoms with Gasteiger partial charge < -0.3 is 11.1 Å². The third-order valence-corrected chi connectivity index (χ3v) is 2.53. The molecule has 7 nitrogen and oxygen atoms in total. The molecular formula is C11H16N6O. The first-order valence-electron chi connectivity index (χ1n) is 5.61. The Hall–Kier alpha value is -2.31. The average molecular weight is 248 g/mol. The first-order valence-corrected chi connectivity index (χ1v) is 5.61. The van der Waals surface area contributed by atoms with Crippen LogP contribution in [-0.2, 0) is 20.5 Å². The summed E-state index contributed by atoms with van der Waals surface area (Å²) in [4.78, 5) is 11.8. The fourth-order valence-electron chi connectivity index (χ4n) is 1.69. The molecule has 0 unspecified atom stereocenters. The molecule has 0 aromatic carbocycles. The van der Waals surface area contributed by atoms with Crippen LogP contribution in [0.15, 0.2) is 18.6 Å². The molecule has 2 aromatic heterocycles. The number of amides is 1. The lowest BCUT2D eigenvalue weighted by Gasteiger charge is -2.02. The lowest BCUT2D eigenvalue weighted by Crippen LogP contribution is -2.26. The van der Waals surface area contributed by atoms with Gasteiger partial charge in [0.1, 0.15) is 0 Å². The average Bonchev–Trinajstić information content (AvgIpc) is 2.85. The van der Waals surface area contributed by atoms with Gasteiger partial charge in [-0.25, -0.2) is 0 Å². The van der Waals surface area contributed by atoms with E-state index in [1.807, 2.05) is 13.2 Å². The molecule has 96 valence electrons. The highest BCUT2D eigenvalue weighted by Gasteiger charge is 2.13. The molecule has 0 saturated carbocycles. The highest BCUT2D eigenvalue weighted by atomic mass is 16.1. The molecule has 18 heavy (non-hydrogen) atoms. The van der Waals surface area contributed by atoms with E-state index in [0.717, 1.165) is 12.0 Å². The number of carbonyl (C=O) groups is 1. The second-order valence-electron chi connectivity index (χ2n) is 4.13. The van der Waals surface area contributed by atoms with Gasteiger partial charge in [0.05, 0.1) is 11.9 Å². The second kappa shape index (κ2) is 4.91. The van der Waals surface area contributed by atoms with Gasteiger partial charge in [0.2, 0.25) is 0 Å². The number of nitrogens with one attached hydrogen (secondary N) is 1. The van der Waals surface area contributed by atoms with Crippen LogP contribution in [0.25, 0.3) is 0 Å². The van der Waals surface area contributed by atoms with Gasteiger partial charge in [-0.3, -0.25) is 14.2 Å². The Morgan fingerprint density at radius 2 is 2.17 bits per heavy atom. The Kier molecular flexibility index (Phi) is 3.31. The Labute approximate surface area is 105 Å². The molecule has 7 heteroatoms. The molecule has 0 atom stereocenters. The van der Waals surface area contributed by atoms with Crippen LogP contribution in [0.5, 0.6) is 0 Å². The number of anilines is 1. The normalized spacial score (nSPS) is 10.6. The number of aryl methyl sites for hydroxylation is 2. The molecule has 2 heterocycles. The van der Waals surface area contributed by atoms with E-state index in [1.165, 1.54) is 4.68 Å². The van der Waals surface area contributed by atoms with Crippen molar-refractivity contribution in [3.63, 3.8) is 0 Å². The zero-order chi connectivity index (χ0) is 13.1. The fraction of sp³-hybridized carbons (Fsp3) is 0.364. The minimum atomic E-state index is -0.253. The number of nitrogens with two attached hydrogens (primary N) is 1. The van der Waals surface area contributed by atoms with Crippen LogP contribution in [0.1, 0.15) is 16.1 Å². The minimum absolute atomic E-state index is 0.253. The Balaban J connectivity index is 1.87. The number of hydrogen-bond acceptors (Lipinski definition) is 4. The molecule has 0 aliphatic carbocycles. The Bertz CT molecular complexity index is 556. The lowest BCUT2D eigenvalue weighted by atomic mass is 10.2. The topological polar surface area (TPSA) is 90.8 Å². The SMILES string of the molecule is Cn1cc(CCNC(=O)c2nn(C)cc2N)cn1. The van der Waals surface area contributed by atoms with Gasteiger partial charge in [0, 0.05) is 33.0 Å². The van der Waals surface area contributed by atoms with E-state index in [-0.39, 0.29) is 11.6 Å². The number of hydrogen-bond donors (Lipinski definition) is 2. The quantitative estimate of drug-likeness (QED) is 0.777. The van der Waals surface area contributed by atoms with Gasteiger partial charge in [0.25, 0.3) is 5.91 Å². The maximum absolute atomic E-state index is 11.8. The molecule has 3 N–H and O–H groups in total. The smallest absolute Gasteiger partial charge is 0.273 e. The highest BCUT2D eigenvalue weighted by molar-refractivity contribution is 5.96. The summed E-state index contributed by atoms with van der Waals surface area (Å²) in [5.41, 5.74) is 7.40. The molecule has 0 fully saturated rings. The molecule has 0 spiro atoms. The van der Waals surface area contributed by atoms with Gasteiger partial charge >= 0.3 is 0 Å². The minimum Gasteiger partial charge on any atom is -0.396 e. The molecule has 2 aromatic rings. The zero-order valence-electron chi connectivity index (χ0n) is 10.4. The summed E-state index contributed by atoms with van der Waals surface area (Å²) >= 11 is 0. The van der Waals surface area contributed by atoms with Crippen LogP contribution in [-0.4, -0.2) is 32.0 Å². The summed E-state index contributed by atoms with van der Waals surface area (Å²) in [5.74, 6) is -0.253. The van der Waals surface area contributed by atoms with Crippen molar-refractivity contribution in [3.8, 4) is 0 Å². The van der Waals surface area contributed by atoms with E-state index in [4.69, 9.17) is 5.73 Å². The van der Waals surface area contributed by atoms with Crippen molar-refractivity contribution in [2.24, 2.45) is 14.1 Å². The van der Waals surface area contributed by atoms with E-state index < -0.39 is 0 Å². The molecule has 0 bridgehead atoms. The summed E-state index contributed by atoms with van der Waals surface area (Å²) < 4.78 is 3.25. The van der Waals surface area contributed by atoms with Gasteiger partial charge in [-0.05, 0) is 12.0 Å². The van der Waals surface area contributed by atoms with Crippen molar-refractivity contribution >= 4 is 11.6 Å². The van der Waals surface area contributed by atoms with E-state index in [9.17, 15) is 4.79 Å². The number of aromatic nitrogens is 4. The number of nitrogens with zero attached hydrogens (tertiary/aromatic N) is 4. The maximum atomic E-state index is 11.8. The van der Waals surface area contributed by atoms with Crippen LogP contribution in [0, 0.1) is 0 Å². The molecule has 0 aliphatic rings. The molecule has 0 radical (unpaired) electrons. The number of rotatable bonds is 4. The first-order chi connectivity index (χ1) is 8.56. The fourth-order valence-corrected chi connectivity index (χ4v) is 1.69.